The number of nitrogens with zero attached hydrogens (tertiary/aromatic N) is 1. The molecule has 0 radical (unpaired) electrons. The summed E-state index contributed by atoms with van der Waals surface area (Å²) in [6, 6.07) is 7.01. The predicted molar refractivity (Wildman–Crippen MR) is 86.6 cm³/mol. The molecule has 2 N–H and O–H groups in total. The number of sulfonamides is 1. The number of thiocarbonyl (C=S) groups is 1. The number of ether oxygens (including phenoxy) is 1. The Morgan fingerprint density at radius 3 is 2.67 bits per heavy atom. The fourth-order valence-corrected chi connectivity index (χ4v) is 3.94. The van der Waals surface area contributed by atoms with Gasteiger partial charge in [-0.1, -0.05) is 43.4 Å². The fourth-order valence-electron chi connectivity index (χ4n) is 2.26. The largest absolute Gasteiger partial charge is 0.389 e. The minimum Gasteiger partial charge on any atom is -0.389 e. The molecule has 1 atom stereocenters. The van der Waals surface area contributed by atoms with E-state index in [1.54, 1.807) is 24.3 Å². The van der Waals surface area contributed by atoms with Crippen molar-refractivity contribution in [2.24, 2.45) is 5.73 Å². The quantitative estimate of drug-likeness (QED) is 0.824. The number of morpholine rings is 1. The summed E-state index contributed by atoms with van der Waals surface area (Å²) in [5.74, 6) is -0.0128. The van der Waals surface area contributed by atoms with E-state index in [-0.39, 0.29) is 11.9 Å². The number of hydrogen-bond donors (Lipinski definition) is 1. The lowest BCUT2D eigenvalue weighted by Crippen LogP contribution is -2.45. The molecule has 0 aliphatic carbocycles. The van der Waals surface area contributed by atoms with Crippen LogP contribution in [0.2, 0.25) is 0 Å². The van der Waals surface area contributed by atoms with E-state index in [9.17, 15) is 8.42 Å². The first kappa shape index (κ1) is 16.4. The molecule has 2 rings (SSSR count). The lowest BCUT2D eigenvalue weighted by atomic mass is 10.1. The summed E-state index contributed by atoms with van der Waals surface area (Å²) in [6.45, 7) is 3.31. The van der Waals surface area contributed by atoms with Crippen molar-refractivity contribution in [2.45, 2.75) is 25.2 Å². The van der Waals surface area contributed by atoms with Crippen LogP contribution >= 0.6 is 12.2 Å². The van der Waals surface area contributed by atoms with Gasteiger partial charge in [-0.25, -0.2) is 8.42 Å². The van der Waals surface area contributed by atoms with E-state index in [2.05, 4.69) is 0 Å². The first-order valence-electron chi connectivity index (χ1n) is 6.90. The predicted octanol–water partition coefficient (Wildman–Crippen LogP) is 1.26. The zero-order chi connectivity index (χ0) is 15.5. The highest BCUT2D eigenvalue weighted by Gasteiger charge is 2.28. The van der Waals surface area contributed by atoms with E-state index in [1.165, 1.54) is 4.31 Å². The topological polar surface area (TPSA) is 72.6 Å². The van der Waals surface area contributed by atoms with E-state index in [1.807, 2.05) is 6.92 Å². The Morgan fingerprint density at radius 1 is 1.43 bits per heavy atom. The van der Waals surface area contributed by atoms with Gasteiger partial charge >= 0.3 is 0 Å². The van der Waals surface area contributed by atoms with Crippen LogP contribution in [0.3, 0.4) is 0 Å². The Balaban J connectivity index is 2.08. The van der Waals surface area contributed by atoms with Crippen LogP contribution < -0.4 is 5.73 Å². The van der Waals surface area contributed by atoms with E-state index < -0.39 is 10.0 Å². The SMILES string of the molecule is CCC1CN(S(=O)(=O)Cc2ccc(C(N)=S)cc2)CCO1. The summed E-state index contributed by atoms with van der Waals surface area (Å²) in [6.07, 6.45) is 0.805. The summed E-state index contributed by atoms with van der Waals surface area (Å²) in [5.41, 5.74) is 7.00. The van der Waals surface area contributed by atoms with Gasteiger partial charge in [0.05, 0.1) is 18.5 Å². The first-order valence-corrected chi connectivity index (χ1v) is 8.92. The molecule has 1 aromatic carbocycles. The smallest absolute Gasteiger partial charge is 0.218 e. The molecule has 1 aliphatic rings. The number of rotatable bonds is 5. The maximum absolute atomic E-state index is 12.5. The highest BCUT2D eigenvalue weighted by atomic mass is 32.2. The van der Waals surface area contributed by atoms with Gasteiger partial charge < -0.3 is 10.5 Å². The summed E-state index contributed by atoms with van der Waals surface area (Å²) in [5, 5.41) is 0. The van der Waals surface area contributed by atoms with Crippen LogP contribution in [0, 0.1) is 0 Å². The number of benzene rings is 1. The van der Waals surface area contributed by atoms with E-state index in [4.69, 9.17) is 22.7 Å². The van der Waals surface area contributed by atoms with Crippen molar-refractivity contribution < 1.29 is 13.2 Å². The Hall–Kier alpha value is -1.02. The molecular weight excluding hydrogens is 308 g/mol. The molecule has 0 spiro atoms. The number of nitrogens with two attached hydrogens (primary N) is 1. The molecular formula is C14H20N2O3S2. The molecule has 1 saturated heterocycles. The normalized spacial score (nSPS) is 20.3. The Bertz CT molecular complexity index is 599. The van der Waals surface area contributed by atoms with Gasteiger partial charge in [0.15, 0.2) is 0 Å². The summed E-state index contributed by atoms with van der Waals surface area (Å²) < 4.78 is 31.9. The van der Waals surface area contributed by atoms with Crippen LogP contribution in [0.15, 0.2) is 24.3 Å². The number of hydrogen-bond acceptors (Lipinski definition) is 4. The third-order valence-electron chi connectivity index (χ3n) is 3.54. The molecule has 0 aromatic heterocycles. The van der Waals surface area contributed by atoms with Crippen molar-refractivity contribution in [3.05, 3.63) is 35.4 Å². The zero-order valence-corrected chi connectivity index (χ0v) is 13.6. The molecule has 1 aromatic rings. The molecule has 0 amide bonds. The Morgan fingerprint density at radius 2 is 2.10 bits per heavy atom. The van der Waals surface area contributed by atoms with Crippen LogP contribution in [0.1, 0.15) is 24.5 Å². The minimum absolute atomic E-state index is 0.00878. The second-order valence-corrected chi connectivity index (χ2v) is 7.49. The van der Waals surface area contributed by atoms with E-state index >= 15 is 0 Å². The third kappa shape index (κ3) is 4.23. The molecule has 1 fully saturated rings. The van der Waals surface area contributed by atoms with Crippen LogP contribution in [0.4, 0.5) is 0 Å². The molecule has 7 heteroatoms. The van der Waals surface area contributed by atoms with Crippen molar-refractivity contribution >= 4 is 27.2 Å². The van der Waals surface area contributed by atoms with Crippen LogP contribution in [0.5, 0.6) is 0 Å². The van der Waals surface area contributed by atoms with Crippen molar-refractivity contribution in [2.75, 3.05) is 19.7 Å². The summed E-state index contributed by atoms with van der Waals surface area (Å²) in [4.78, 5) is 0.309. The fraction of sp³-hybridized carbons (Fsp3) is 0.500. The van der Waals surface area contributed by atoms with Crippen LogP contribution in [-0.2, 0) is 20.5 Å². The van der Waals surface area contributed by atoms with Gasteiger partial charge in [0.2, 0.25) is 10.0 Å². The maximum atomic E-state index is 12.5. The van der Waals surface area contributed by atoms with Gasteiger partial charge in [0.25, 0.3) is 0 Å². The van der Waals surface area contributed by atoms with Gasteiger partial charge in [-0.3, -0.25) is 0 Å². The molecule has 0 bridgehead atoms. The molecule has 0 saturated carbocycles. The average molecular weight is 328 g/mol. The van der Waals surface area contributed by atoms with Gasteiger partial charge in [-0.15, -0.1) is 0 Å². The monoisotopic (exact) mass is 328 g/mol. The highest BCUT2D eigenvalue weighted by Crippen LogP contribution is 2.17. The van der Waals surface area contributed by atoms with Crippen molar-refractivity contribution in [3.63, 3.8) is 0 Å². The standard InChI is InChI=1S/C14H20N2O3S2/c1-2-13-9-16(7-8-19-13)21(17,18)10-11-3-5-12(6-4-11)14(15)20/h3-6,13H,2,7-10H2,1H3,(H2,15,20). The maximum Gasteiger partial charge on any atom is 0.218 e. The van der Waals surface area contributed by atoms with Gasteiger partial charge in [-0.05, 0) is 12.0 Å². The van der Waals surface area contributed by atoms with E-state index in [0.717, 1.165) is 17.5 Å². The highest BCUT2D eigenvalue weighted by molar-refractivity contribution is 7.88. The van der Waals surface area contributed by atoms with E-state index in [0.29, 0.717) is 24.7 Å². The van der Waals surface area contributed by atoms with Crippen molar-refractivity contribution in [3.8, 4) is 0 Å². The zero-order valence-electron chi connectivity index (χ0n) is 12.0. The van der Waals surface area contributed by atoms with Gasteiger partial charge in [0.1, 0.15) is 4.99 Å². The molecule has 5 nitrogen and oxygen atoms in total. The Labute approximate surface area is 131 Å². The molecule has 1 heterocycles. The molecule has 1 unspecified atom stereocenters. The van der Waals surface area contributed by atoms with Crippen LogP contribution in [0.25, 0.3) is 0 Å². The lowest BCUT2D eigenvalue weighted by Gasteiger charge is -2.31. The average Bonchev–Trinajstić information content (AvgIpc) is 2.47. The minimum atomic E-state index is -3.32. The van der Waals surface area contributed by atoms with Crippen molar-refractivity contribution in [1.82, 2.24) is 4.31 Å². The van der Waals surface area contributed by atoms with Crippen LogP contribution in [-0.4, -0.2) is 43.5 Å². The molecule has 21 heavy (non-hydrogen) atoms. The van der Waals surface area contributed by atoms with Crippen molar-refractivity contribution in [1.29, 1.82) is 0 Å². The second-order valence-electron chi connectivity index (χ2n) is 5.08. The van der Waals surface area contributed by atoms with Gasteiger partial charge in [0, 0.05) is 18.7 Å². The summed E-state index contributed by atoms with van der Waals surface area (Å²) >= 11 is 4.88. The molecule has 1 aliphatic heterocycles. The summed E-state index contributed by atoms with van der Waals surface area (Å²) in [7, 11) is -3.32. The van der Waals surface area contributed by atoms with Gasteiger partial charge in [-0.2, -0.15) is 4.31 Å². The Kier molecular flexibility index (Phi) is 5.32. The molecule has 116 valence electrons. The third-order valence-corrected chi connectivity index (χ3v) is 5.59. The first-order chi connectivity index (χ1) is 9.92. The second kappa shape index (κ2) is 6.83. The lowest BCUT2D eigenvalue weighted by molar-refractivity contribution is -0.00282.